The van der Waals surface area contributed by atoms with Gasteiger partial charge in [0.25, 0.3) is 0 Å². The summed E-state index contributed by atoms with van der Waals surface area (Å²) in [6.07, 6.45) is -0.620. The third kappa shape index (κ3) is 2.50. The Bertz CT molecular complexity index is 577. The van der Waals surface area contributed by atoms with E-state index in [1.54, 1.807) is 13.2 Å². The number of aliphatic hydroxyl groups excluding tert-OH is 1. The highest BCUT2D eigenvalue weighted by atomic mass is 79.9. The minimum absolute atomic E-state index is 0.268. The van der Waals surface area contributed by atoms with Crippen molar-refractivity contribution in [3.8, 4) is 5.88 Å². The number of halogens is 1. The molecule has 0 aliphatic rings. The molecule has 0 fully saturated rings. The van der Waals surface area contributed by atoms with Crippen molar-refractivity contribution in [3.63, 3.8) is 0 Å². The van der Waals surface area contributed by atoms with E-state index >= 15 is 0 Å². The van der Waals surface area contributed by atoms with Crippen LogP contribution in [0.3, 0.4) is 0 Å². The molecule has 2 heterocycles. The minimum Gasteiger partial charge on any atom is -0.481 e. The summed E-state index contributed by atoms with van der Waals surface area (Å²) >= 11 is 4.78. The van der Waals surface area contributed by atoms with Gasteiger partial charge in [-0.15, -0.1) is 0 Å². The van der Waals surface area contributed by atoms with Crippen LogP contribution in [0.5, 0.6) is 5.88 Å². The van der Waals surface area contributed by atoms with Gasteiger partial charge in [-0.1, -0.05) is 32.1 Å². The number of hydrogen-bond acceptors (Lipinski definition) is 5. The molecule has 2 rings (SSSR count). The smallest absolute Gasteiger partial charge is 0.214 e. The molecule has 2 aromatic heterocycles. The second-order valence-corrected chi connectivity index (χ2v) is 7.40. The number of pyridine rings is 1. The molecule has 1 unspecified atom stereocenters. The van der Waals surface area contributed by atoms with E-state index in [2.05, 4.69) is 25.9 Å². The fraction of sp³-hybridized carbons (Fsp3) is 0.500. The van der Waals surface area contributed by atoms with Gasteiger partial charge in [0.2, 0.25) is 5.88 Å². The van der Waals surface area contributed by atoms with E-state index in [9.17, 15) is 5.11 Å². The lowest BCUT2D eigenvalue weighted by atomic mass is 9.85. The van der Waals surface area contributed by atoms with Gasteiger partial charge in [0.15, 0.2) is 3.92 Å². The number of thiazole rings is 1. The summed E-state index contributed by atoms with van der Waals surface area (Å²) in [6.45, 7) is 5.95. The first-order valence-corrected chi connectivity index (χ1v) is 7.13. The van der Waals surface area contributed by atoms with Crippen LogP contribution < -0.4 is 4.74 Å². The van der Waals surface area contributed by atoms with Crippen molar-refractivity contribution in [2.75, 3.05) is 7.11 Å². The van der Waals surface area contributed by atoms with Gasteiger partial charge in [-0.05, 0) is 21.3 Å². The van der Waals surface area contributed by atoms with E-state index < -0.39 is 6.10 Å². The van der Waals surface area contributed by atoms with Gasteiger partial charge in [-0.25, -0.2) is 9.97 Å². The molecular weight excluding hydrogens is 316 g/mol. The van der Waals surface area contributed by atoms with Gasteiger partial charge in [0.05, 0.1) is 13.2 Å². The van der Waals surface area contributed by atoms with E-state index in [0.717, 1.165) is 19.8 Å². The molecule has 0 bridgehead atoms. The second kappa shape index (κ2) is 4.75. The zero-order valence-corrected chi connectivity index (χ0v) is 13.1. The third-order valence-electron chi connectivity index (χ3n) is 2.67. The van der Waals surface area contributed by atoms with Gasteiger partial charge in [0, 0.05) is 11.6 Å². The number of aromatic nitrogens is 2. The van der Waals surface area contributed by atoms with Gasteiger partial charge in [-0.2, -0.15) is 0 Å². The number of methoxy groups -OCH3 is 1. The first-order valence-electron chi connectivity index (χ1n) is 5.52. The number of rotatable bonds is 2. The normalized spacial score (nSPS) is 13.9. The number of aliphatic hydroxyl groups is 1. The summed E-state index contributed by atoms with van der Waals surface area (Å²) in [4.78, 5) is 9.48. The largest absolute Gasteiger partial charge is 0.481 e. The van der Waals surface area contributed by atoms with Gasteiger partial charge < -0.3 is 9.84 Å². The molecule has 0 aromatic carbocycles. The Morgan fingerprint density at radius 2 is 2.06 bits per heavy atom. The highest BCUT2D eigenvalue weighted by molar-refractivity contribution is 9.11. The lowest BCUT2D eigenvalue weighted by Crippen LogP contribution is -2.18. The number of hydrogen-bond donors (Lipinski definition) is 1. The number of fused-ring (bicyclic) bond motifs is 1. The van der Waals surface area contributed by atoms with Crippen molar-refractivity contribution in [3.05, 3.63) is 15.5 Å². The average molecular weight is 331 g/mol. The molecule has 0 aliphatic carbocycles. The zero-order valence-electron chi connectivity index (χ0n) is 10.7. The van der Waals surface area contributed by atoms with Crippen LogP contribution in [-0.4, -0.2) is 22.2 Å². The molecule has 0 spiro atoms. The third-order valence-corrected chi connectivity index (χ3v) is 4.07. The molecule has 6 heteroatoms. The van der Waals surface area contributed by atoms with Gasteiger partial charge >= 0.3 is 0 Å². The maximum atomic E-state index is 10.5. The van der Waals surface area contributed by atoms with Crippen molar-refractivity contribution in [1.82, 2.24) is 9.97 Å². The fourth-order valence-corrected chi connectivity index (χ4v) is 2.99. The molecular formula is C12H15BrN2O2S. The fourth-order valence-electron chi connectivity index (χ4n) is 1.66. The SMILES string of the molecule is COc1cc(C(O)C(C)(C)C)c2nc(Br)sc2n1. The lowest BCUT2D eigenvalue weighted by molar-refractivity contribution is 0.0635. The van der Waals surface area contributed by atoms with Crippen LogP contribution in [0.25, 0.3) is 10.3 Å². The summed E-state index contributed by atoms with van der Waals surface area (Å²) < 4.78 is 5.93. The molecule has 0 saturated heterocycles. The summed E-state index contributed by atoms with van der Waals surface area (Å²) in [5, 5.41) is 10.5. The Labute approximate surface area is 118 Å². The van der Waals surface area contributed by atoms with Crippen molar-refractivity contribution in [2.24, 2.45) is 5.41 Å². The Balaban J connectivity index is 2.67. The minimum atomic E-state index is -0.620. The highest BCUT2D eigenvalue weighted by Gasteiger charge is 2.27. The molecule has 0 radical (unpaired) electrons. The van der Waals surface area contributed by atoms with E-state index in [1.807, 2.05) is 20.8 Å². The second-order valence-electron chi connectivity index (χ2n) is 5.14. The summed E-state index contributed by atoms with van der Waals surface area (Å²) in [7, 11) is 1.57. The van der Waals surface area contributed by atoms with Crippen LogP contribution in [0.2, 0.25) is 0 Å². The summed E-state index contributed by atoms with van der Waals surface area (Å²) in [6, 6.07) is 1.75. The molecule has 1 N–H and O–H groups in total. The first kappa shape index (κ1) is 13.7. The lowest BCUT2D eigenvalue weighted by Gasteiger charge is -2.26. The Hall–Kier alpha value is -0.720. The van der Waals surface area contributed by atoms with Crippen LogP contribution in [0.1, 0.15) is 32.4 Å². The monoisotopic (exact) mass is 330 g/mol. The van der Waals surface area contributed by atoms with Crippen LogP contribution in [0, 0.1) is 5.41 Å². The number of ether oxygens (including phenoxy) is 1. The van der Waals surface area contributed by atoms with Crippen LogP contribution >= 0.6 is 27.3 Å². The Kier molecular flexibility index (Phi) is 3.62. The standard InChI is InChI=1S/C12H15BrN2O2S/c1-12(2,3)9(16)6-5-7(17-4)14-10-8(6)15-11(13)18-10/h5,9,16H,1-4H3. The van der Waals surface area contributed by atoms with Crippen LogP contribution in [0.4, 0.5) is 0 Å². The number of nitrogens with zero attached hydrogens (tertiary/aromatic N) is 2. The summed E-state index contributed by atoms with van der Waals surface area (Å²) in [5.74, 6) is 0.497. The maximum absolute atomic E-state index is 10.5. The van der Waals surface area contributed by atoms with Gasteiger partial charge in [0.1, 0.15) is 10.3 Å². The highest BCUT2D eigenvalue weighted by Crippen LogP contribution is 2.39. The molecule has 0 aliphatic heterocycles. The van der Waals surface area contributed by atoms with E-state index in [1.165, 1.54) is 11.3 Å². The Morgan fingerprint density at radius 1 is 1.39 bits per heavy atom. The predicted molar refractivity (Wildman–Crippen MR) is 76.1 cm³/mol. The molecule has 18 heavy (non-hydrogen) atoms. The average Bonchev–Trinajstić information content (AvgIpc) is 2.65. The molecule has 4 nitrogen and oxygen atoms in total. The van der Waals surface area contributed by atoms with E-state index in [4.69, 9.17) is 4.74 Å². The maximum Gasteiger partial charge on any atom is 0.214 e. The first-order chi connectivity index (χ1) is 8.32. The molecule has 0 amide bonds. The van der Waals surface area contributed by atoms with Crippen LogP contribution in [0.15, 0.2) is 9.98 Å². The zero-order chi connectivity index (χ0) is 13.5. The summed E-state index contributed by atoms with van der Waals surface area (Å²) in [5.41, 5.74) is 1.22. The molecule has 98 valence electrons. The van der Waals surface area contributed by atoms with Gasteiger partial charge in [-0.3, -0.25) is 0 Å². The molecule has 0 saturated carbocycles. The molecule has 2 aromatic rings. The van der Waals surface area contributed by atoms with Crippen LogP contribution in [-0.2, 0) is 0 Å². The topological polar surface area (TPSA) is 55.2 Å². The predicted octanol–water partition coefficient (Wildman–Crippen LogP) is 3.54. The van der Waals surface area contributed by atoms with Crippen molar-refractivity contribution in [1.29, 1.82) is 0 Å². The molecule has 1 atom stereocenters. The Morgan fingerprint density at radius 3 is 2.61 bits per heavy atom. The van der Waals surface area contributed by atoms with Crippen molar-refractivity contribution < 1.29 is 9.84 Å². The van der Waals surface area contributed by atoms with Crippen molar-refractivity contribution in [2.45, 2.75) is 26.9 Å². The van der Waals surface area contributed by atoms with E-state index in [0.29, 0.717) is 5.88 Å². The van der Waals surface area contributed by atoms with Crippen molar-refractivity contribution >= 4 is 37.6 Å². The van der Waals surface area contributed by atoms with E-state index in [-0.39, 0.29) is 5.41 Å². The quantitative estimate of drug-likeness (QED) is 0.914.